The summed E-state index contributed by atoms with van der Waals surface area (Å²) in [5, 5.41) is 0.916. The molecule has 2 aromatic heterocycles. The number of carbonyl (C=O) groups excluding carboxylic acids is 1. The van der Waals surface area contributed by atoms with E-state index in [-0.39, 0.29) is 31.0 Å². The standard InChI is InChI=1S/C9H7BrN2O.CH2O.Na.H/c1-13-9-6-3-2-4-11-8(6)7(10)5-12-9;1-2;;/h2-5H,1H3;1H2;;/q;;+1;-1. The third kappa shape index (κ3) is 3.25. The summed E-state index contributed by atoms with van der Waals surface area (Å²) in [5.41, 5.74) is 0.870. The van der Waals surface area contributed by atoms with Crippen LogP contribution in [0.2, 0.25) is 0 Å². The minimum atomic E-state index is 0. The molecule has 0 bridgehead atoms. The van der Waals surface area contributed by atoms with E-state index >= 15 is 0 Å². The van der Waals surface area contributed by atoms with Gasteiger partial charge in [0.05, 0.1) is 22.5 Å². The number of fused-ring (bicyclic) bond motifs is 1. The van der Waals surface area contributed by atoms with Crippen molar-refractivity contribution >= 4 is 33.6 Å². The van der Waals surface area contributed by atoms with Gasteiger partial charge in [0.2, 0.25) is 5.88 Å². The number of rotatable bonds is 1. The van der Waals surface area contributed by atoms with Crippen molar-refractivity contribution in [3.8, 4) is 5.88 Å². The van der Waals surface area contributed by atoms with Crippen molar-refractivity contribution in [2.24, 2.45) is 0 Å². The van der Waals surface area contributed by atoms with Gasteiger partial charge in [-0.25, -0.2) is 4.98 Å². The van der Waals surface area contributed by atoms with E-state index < -0.39 is 0 Å². The first-order valence-corrected chi connectivity index (χ1v) is 4.84. The van der Waals surface area contributed by atoms with Gasteiger partial charge in [-0.05, 0) is 28.1 Å². The number of hydrogen-bond acceptors (Lipinski definition) is 4. The van der Waals surface area contributed by atoms with Crippen LogP contribution in [-0.4, -0.2) is 23.9 Å². The molecule has 0 aromatic carbocycles. The first kappa shape index (κ1) is 15.5. The Morgan fingerprint density at radius 1 is 1.44 bits per heavy atom. The largest absolute Gasteiger partial charge is 1.00 e. The second-order valence-corrected chi connectivity index (χ2v) is 3.37. The zero-order chi connectivity index (χ0) is 11.3. The van der Waals surface area contributed by atoms with E-state index in [1.807, 2.05) is 18.9 Å². The SMILES string of the molecule is C=O.COc1ncc(Br)c2ncccc12.[H-].[Na+]. The van der Waals surface area contributed by atoms with Gasteiger partial charge in [-0.2, -0.15) is 0 Å². The molecule has 2 aromatic rings. The van der Waals surface area contributed by atoms with Crippen LogP contribution in [0.25, 0.3) is 10.9 Å². The van der Waals surface area contributed by atoms with E-state index in [0.29, 0.717) is 5.88 Å². The number of halogens is 1. The fourth-order valence-corrected chi connectivity index (χ4v) is 1.60. The van der Waals surface area contributed by atoms with E-state index in [9.17, 15) is 0 Å². The van der Waals surface area contributed by atoms with Gasteiger partial charge in [-0.3, -0.25) is 4.98 Å². The average Bonchev–Trinajstić information content (AvgIpc) is 2.33. The second kappa shape index (κ2) is 7.73. The van der Waals surface area contributed by atoms with Gasteiger partial charge in [-0.1, -0.05) is 0 Å². The summed E-state index contributed by atoms with van der Waals surface area (Å²) in [7, 11) is 1.60. The molecule has 0 N–H and O–H groups in total. The zero-order valence-electron chi connectivity index (χ0n) is 10.1. The second-order valence-electron chi connectivity index (χ2n) is 2.51. The molecule has 4 nitrogen and oxygen atoms in total. The van der Waals surface area contributed by atoms with Crippen molar-refractivity contribution in [1.29, 1.82) is 0 Å². The van der Waals surface area contributed by atoms with Crippen LogP contribution in [0.15, 0.2) is 29.0 Å². The first-order chi connectivity index (χ1) is 7.33. The summed E-state index contributed by atoms with van der Waals surface area (Å²) in [4.78, 5) is 16.3. The Hall–Kier alpha value is -0.490. The molecule has 0 unspecified atom stereocenters. The minimum Gasteiger partial charge on any atom is -1.00 e. The fourth-order valence-electron chi connectivity index (χ4n) is 1.18. The predicted molar refractivity (Wildman–Crippen MR) is 62.0 cm³/mol. The maximum absolute atomic E-state index is 8.00. The molecule has 0 spiro atoms. The number of nitrogens with zero attached hydrogens (tertiary/aromatic N) is 2. The Morgan fingerprint density at radius 3 is 2.75 bits per heavy atom. The maximum Gasteiger partial charge on any atom is 1.00 e. The molecule has 16 heavy (non-hydrogen) atoms. The van der Waals surface area contributed by atoms with Crippen LogP contribution in [0.3, 0.4) is 0 Å². The molecule has 0 fully saturated rings. The summed E-state index contributed by atoms with van der Waals surface area (Å²) in [6.45, 7) is 2.00. The van der Waals surface area contributed by atoms with Crippen molar-refractivity contribution in [3.63, 3.8) is 0 Å². The van der Waals surface area contributed by atoms with Crippen LogP contribution in [0.4, 0.5) is 0 Å². The topological polar surface area (TPSA) is 52.1 Å². The molecule has 80 valence electrons. The number of aromatic nitrogens is 2. The summed E-state index contributed by atoms with van der Waals surface area (Å²) in [5.74, 6) is 0.603. The third-order valence-corrected chi connectivity index (χ3v) is 2.33. The molecule has 0 radical (unpaired) electrons. The quantitative estimate of drug-likeness (QED) is 0.655. The van der Waals surface area contributed by atoms with E-state index in [1.54, 1.807) is 19.5 Å². The van der Waals surface area contributed by atoms with Gasteiger partial charge < -0.3 is 11.0 Å². The molecule has 2 rings (SSSR count). The van der Waals surface area contributed by atoms with Crippen LogP contribution in [-0.2, 0) is 4.79 Å². The molecular formula is C10H10BrN2NaO2. The van der Waals surface area contributed by atoms with Crippen LogP contribution in [0, 0.1) is 0 Å². The maximum atomic E-state index is 8.00. The first-order valence-electron chi connectivity index (χ1n) is 4.05. The number of ether oxygens (including phenoxy) is 1. The molecular weight excluding hydrogens is 283 g/mol. The van der Waals surface area contributed by atoms with Gasteiger partial charge in [0.25, 0.3) is 0 Å². The smallest absolute Gasteiger partial charge is 1.00 e. The third-order valence-electron chi connectivity index (χ3n) is 1.75. The molecule has 0 saturated carbocycles. The number of hydrogen-bond donors (Lipinski definition) is 0. The molecule has 0 saturated heterocycles. The van der Waals surface area contributed by atoms with Gasteiger partial charge in [-0.15, -0.1) is 0 Å². The summed E-state index contributed by atoms with van der Waals surface area (Å²) < 4.78 is 5.99. The van der Waals surface area contributed by atoms with E-state index in [1.165, 1.54) is 0 Å². The number of carbonyl (C=O) groups is 1. The Labute approximate surface area is 125 Å². The van der Waals surface area contributed by atoms with Crippen molar-refractivity contribution in [1.82, 2.24) is 9.97 Å². The Balaban J connectivity index is 0. The summed E-state index contributed by atoms with van der Waals surface area (Å²) in [6.07, 6.45) is 3.43. The van der Waals surface area contributed by atoms with Gasteiger partial charge in [0.1, 0.15) is 6.79 Å². The monoisotopic (exact) mass is 292 g/mol. The molecule has 2 heterocycles. The normalized spacial score (nSPS) is 8.62. The Bertz CT molecular complexity index is 473. The van der Waals surface area contributed by atoms with Crippen molar-refractivity contribution in [2.45, 2.75) is 0 Å². The molecule has 0 aliphatic carbocycles. The molecule has 0 aliphatic rings. The summed E-state index contributed by atoms with van der Waals surface area (Å²) in [6, 6.07) is 3.79. The summed E-state index contributed by atoms with van der Waals surface area (Å²) >= 11 is 3.38. The fraction of sp³-hybridized carbons (Fsp3) is 0.100. The van der Waals surface area contributed by atoms with Crippen LogP contribution < -0.4 is 34.3 Å². The zero-order valence-corrected chi connectivity index (χ0v) is 12.7. The number of methoxy groups -OCH3 is 1. The van der Waals surface area contributed by atoms with Gasteiger partial charge >= 0.3 is 29.6 Å². The molecule has 0 atom stereocenters. The van der Waals surface area contributed by atoms with Crippen LogP contribution in [0.5, 0.6) is 5.88 Å². The molecule has 6 heteroatoms. The van der Waals surface area contributed by atoms with Gasteiger partial charge in [0, 0.05) is 12.4 Å². The Morgan fingerprint density at radius 2 is 2.12 bits per heavy atom. The average molecular weight is 293 g/mol. The molecule has 0 aliphatic heterocycles. The minimum absolute atomic E-state index is 0. The van der Waals surface area contributed by atoms with Crippen molar-refractivity contribution in [3.05, 3.63) is 29.0 Å². The molecule has 0 amide bonds. The van der Waals surface area contributed by atoms with Crippen molar-refractivity contribution < 1.29 is 40.5 Å². The van der Waals surface area contributed by atoms with Gasteiger partial charge in [0.15, 0.2) is 0 Å². The van der Waals surface area contributed by atoms with Crippen molar-refractivity contribution in [2.75, 3.05) is 7.11 Å². The van der Waals surface area contributed by atoms with Crippen LogP contribution >= 0.6 is 15.9 Å². The van der Waals surface area contributed by atoms with E-state index in [2.05, 4.69) is 25.9 Å². The van der Waals surface area contributed by atoms with Crippen LogP contribution in [0.1, 0.15) is 1.43 Å². The van der Waals surface area contributed by atoms with E-state index in [0.717, 1.165) is 15.4 Å². The Kier molecular flexibility index (Phi) is 7.49. The predicted octanol–water partition coefficient (Wildman–Crippen LogP) is -0.667. The van der Waals surface area contributed by atoms with E-state index in [4.69, 9.17) is 9.53 Å². The number of pyridine rings is 2.